The molecule has 0 fully saturated rings. The Bertz CT molecular complexity index is 243. The molecule has 0 saturated heterocycles. The molecule has 0 aliphatic heterocycles. The zero-order valence-electron chi connectivity index (χ0n) is 6.50. The smallest absolute Gasteiger partial charge is 0.126 e. The minimum absolute atomic E-state index is 0.918. The zero-order chi connectivity index (χ0) is 7.56. The summed E-state index contributed by atoms with van der Waals surface area (Å²) in [4.78, 5) is 4.03. The van der Waals surface area contributed by atoms with Gasteiger partial charge in [0.15, 0.2) is 0 Å². The molecule has 0 amide bonds. The first-order valence-corrected chi connectivity index (χ1v) is 3.22. The van der Waals surface area contributed by atoms with E-state index in [1.807, 2.05) is 27.0 Å². The molecule has 0 bridgehead atoms. The standard InChI is InChI=1S/C7H11N3/c1-6(2)9-10-5-4-8-7(10)3/h4-5H,1-3H3. The molecule has 0 spiro atoms. The van der Waals surface area contributed by atoms with Gasteiger partial charge in [0.2, 0.25) is 0 Å². The van der Waals surface area contributed by atoms with E-state index in [2.05, 4.69) is 10.1 Å². The zero-order valence-corrected chi connectivity index (χ0v) is 6.50. The third-order valence-corrected chi connectivity index (χ3v) is 1.11. The number of hydrogen-bond donors (Lipinski definition) is 0. The number of aryl methyl sites for hydroxylation is 1. The van der Waals surface area contributed by atoms with Crippen molar-refractivity contribution in [3.05, 3.63) is 18.2 Å². The van der Waals surface area contributed by atoms with E-state index in [-0.39, 0.29) is 0 Å². The SMILES string of the molecule is CC(C)=Nn1ccnc1C. The van der Waals surface area contributed by atoms with E-state index in [0.29, 0.717) is 0 Å². The highest BCUT2D eigenvalue weighted by Crippen LogP contribution is 1.93. The average molecular weight is 137 g/mol. The number of nitrogens with zero attached hydrogens (tertiary/aromatic N) is 3. The first-order valence-electron chi connectivity index (χ1n) is 3.22. The van der Waals surface area contributed by atoms with Gasteiger partial charge in [-0.3, -0.25) is 0 Å². The Morgan fingerprint density at radius 1 is 1.60 bits per heavy atom. The lowest BCUT2D eigenvalue weighted by atomic mass is 10.5. The van der Waals surface area contributed by atoms with Crippen LogP contribution in [0.4, 0.5) is 0 Å². The second-order valence-corrected chi connectivity index (χ2v) is 2.37. The van der Waals surface area contributed by atoms with Gasteiger partial charge >= 0.3 is 0 Å². The predicted molar refractivity (Wildman–Crippen MR) is 41.1 cm³/mol. The van der Waals surface area contributed by atoms with Crippen LogP contribution in [-0.2, 0) is 0 Å². The van der Waals surface area contributed by atoms with Crippen molar-refractivity contribution >= 4 is 5.71 Å². The summed E-state index contributed by atoms with van der Waals surface area (Å²) >= 11 is 0. The highest BCUT2D eigenvalue weighted by molar-refractivity contribution is 5.78. The molecule has 0 saturated carbocycles. The summed E-state index contributed by atoms with van der Waals surface area (Å²) in [6, 6.07) is 0. The van der Waals surface area contributed by atoms with E-state index < -0.39 is 0 Å². The minimum Gasteiger partial charge on any atom is -0.240 e. The van der Waals surface area contributed by atoms with Crippen LogP contribution < -0.4 is 0 Å². The van der Waals surface area contributed by atoms with Gasteiger partial charge in [-0.05, 0) is 20.8 Å². The maximum Gasteiger partial charge on any atom is 0.126 e. The van der Waals surface area contributed by atoms with Crippen molar-refractivity contribution in [1.29, 1.82) is 0 Å². The fourth-order valence-corrected chi connectivity index (χ4v) is 0.693. The number of hydrogen-bond acceptors (Lipinski definition) is 2. The second-order valence-electron chi connectivity index (χ2n) is 2.37. The Hall–Kier alpha value is -1.12. The Morgan fingerprint density at radius 2 is 2.30 bits per heavy atom. The Kier molecular flexibility index (Phi) is 1.85. The molecule has 1 aromatic heterocycles. The molecule has 3 heteroatoms. The summed E-state index contributed by atoms with van der Waals surface area (Å²) in [5, 5.41) is 4.19. The summed E-state index contributed by atoms with van der Waals surface area (Å²) in [5.74, 6) is 0.918. The molecular weight excluding hydrogens is 126 g/mol. The number of rotatable bonds is 1. The predicted octanol–water partition coefficient (Wildman–Crippen LogP) is 1.44. The maximum atomic E-state index is 4.19. The van der Waals surface area contributed by atoms with Crippen LogP contribution in [0.2, 0.25) is 0 Å². The van der Waals surface area contributed by atoms with E-state index in [0.717, 1.165) is 11.5 Å². The molecule has 3 nitrogen and oxygen atoms in total. The van der Waals surface area contributed by atoms with Gasteiger partial charge in [0.1, 0.15) is 5.82 Å². The third kappa shape index (κ3) is 1.43. The molecule has 0 aliphatic carbocycles. The molecule has 0 unspecified atom stereocenters. The Balaban J connectivity index is 2.95. The van der Waals surface area contributed by atoms with E-state index in [9.17, 15) is 0 Å². The summed E-state index contributed by atoms with van der Waals surface area (Å²) in [6.07, 6.45) is 3.57. The van der Waals surface area contributed by atoms with E-state index in [1.54, 1.807) is 10.9 Å². The van der Waals surface area contributed by atoms with Gasteiger partial charge in [0.05, 0.1) is 0 Å². The average Bonchev–Trinajstić information content (AvgIpc) is 2.15. The summed E-state index contributed by atoms with van der Waals surface area (Å²) < 4.78 is 1.76. The number of aromatic nitrogens is 2. The Labute approximate surface area is 60.4 Å². The molecule has 54 valence electrons. The van der Waals surface area contributed by atoms with Gasteiger partial charge in [0, 0.05) is 18.1 Å². The second kappa shape index (κ2) is 2.64. The lowest BCUT2D eigenvalue weighted by molar-refractivity contribution is 0.824. The van der Waals surface area contributed by atoms with Crippen LogP contribution in [0.1, 0.15) is 19.7 Å². The van der Waals surface area contributed by atoms with Crippen LogP contribution in [0.25, 0.3) is 0 Å². The van der Waals surface area contributed by atoms with Gasteiger partial charge in [0.25, 0.3) is 0 Å². The largest absolute Gasteiger partial charge is 0.240 e. The van der Waals surface area contributed by atoms with Crippen molar-refractivity contribution in [3.63, 3.8) is 0 Å². The van der Waals surface area contributed by atoms with Crippen LogP contribution in [0.3, 0.4) is 0 Å². The van der Waals surface area contributed by atoms with E-state index >= 15 is 0 Å². The maximum absolute atomic E-state index is 4.19. The van der Waals surface area contributed by atoms with Crippen molar-refractivity contribution < 1.29 is 0 Å². The summed E-state index contributed by atoms with van der Waals surface area (Å²) in [5.41, 5.74) is 1.03. The van der Waals surface area contributed by atoms with Crippen LogP contribution in [0.5, 0.6) is 0 Å². The molecule has 1 heterocycles. The van der Waals surface area contributed by atoms with Crippen LogP contribution in [0.15, 0.2) is 17.5 Å². The number of imidazole rings is 1. The first-order chi connectivity index (χ1) is 4.70. The summed E-state index contributed by atoms with van der Waals surface area (Å²) in [6.45, 7) is 5.84. The Morgan fingerprint density at radius 3 is 2.70 bits per heavy atom. The fraction of sp³-hybridized carbons (Fsp3) is 0.429. The third-order valence-electron chi connectivity index (χ3n) is 1.11. The lowest BCUT2D eigenvalue weighted by Gasteiger charge is -1.94. The van der Waals surface area contributed by atoms with Gasteiger partial charge in [-0.2, -0.15) is 5.10 Å². The molecule has 1 aromatic rings. The van der Waals surface area contributed by atoms with Crippen molar-refractivity contribution in [1.82, 2.24) is 9.66 Å². The van der Waals surface area contributed by atoms with Crippen molar-refractivity contribution in [2.24, 2.45) is 5.10 Å². The van der Waals surface area contributed by atoms with Gasteiger partial charge in [-0.15, -0.1) is 0 Å². The summed E-state index contributed by atoms with van der Waals surface area (Å²) in [7, 11) is 0. The van der Waals surface area contributed by atoms with Gasteiger partial charge in [-0.1, -0.05) is 0 Å². The lowest BCUT2D eigenvalue weighted by Crippen LogP contribution is -1.93. The van der Waals surface area contributed by atoms with Crippen molar-refractivity contribution in [2.45, 2.75) is 20.8 Å². The highest BCUT2D eigenvalue weighted by atomic mass is 15.4. The fourth-order valence-electron chi connectivity index (χ4n) is 0.693. The molecule has 0 N–H and O–H groups in total. The van der Waals surface area contributed by atoms with Crippen molar-refractivity contribution in [2.75, 3.05) is 0 Å². The van der Waals surface area contributed by atoms with E-state index in [4.69, 9.17) is 0 Å². The van der Waals surface area contributed by atoms with Crippen LogP contribution in [0, 0.1) is 6.92 Å². The van der Waals surface area contributed by atoms with Gasteiger partial charge < -0.3 is 0 Å². The first kappa shape index (κ1) is 6.99. The molecule has 1 rings (SSSR count). The molecule has 0 radical (unpaired) electrons. The van der Waals surface area contributed by atoms with Crippen LogP contribution >= 0.6 is 0 Å². The molecule has 0 aromatic carbocycles. The van der Waals surface area contributed by atoms with E-state index in [1.165, 1.54) is 0 Å². The van der Waals surface area contributed by atoms with Crippen LogP contribution in [-0.4, -0.2) is 15.4 Å². The topological polar surface area (TPSA) is 30.2 Å². The highest BCUT2D eigenvalue weighted by Gasteiger charge is 1.90. The van der Waals surface area contributed by atoms with Gasteiger partial charge in [-0.25, -0.2) is 9.66 Å². The minimum atomic E-state index is 0.918. The molecule has 0 aliphatic rings. The molecular formula is C7H11N3. The monoisotopic (exact) mass is 137 g/mol. The normalized spacial score (nSPS) is 9.50. The molecule has 0 atom stereocenters. The molecule has 10 heavy (non-hydrogen) atoms. The van der Waals surface area contributed by atoms with Crippen molar-refractivity contribution in [3.8, 4) is 0 Å². The quantitative estimate of drug-likeness (QED) is 0.538.